The summed E-state index contributed by atoms with van der Waals surface area (Å²) in [5.41, 5.74) is 0.196. The third kappa shape index (κ3) is 6.55. The number of aromatic nitrogens is 1. The van der Waals surface area contributed by atoms with E-state index in [0.717, 1.165) is 44.3 Å². The number of benzene rings is 1. The van der Waals surface area contributed by atoms with Crippen LogP contribution in [0.25, 0.3) is 11.1 Å². The molecule has 0 saturated carbocycles. The van der Waals surface area contributed by atoms with E-state index in [2.05, 4.69) is 9.88 Å². The molecule has 1 atom stereocenters. The molecule has 0 radical (unpaired) electrons. The van der Waals surface area contributed by atoms with Gasteiger partial charge in [-0.2, -0.15) is 0 Å². The van der Waals surface area contributed by atoms with E-state index in [-0.39, 0.29) is 24.1 Å². The Balaban J connectivity index is 1.31. The van der Waals surface area contributed by atoms with Crippen LogP contribution in [0.15, 0.2) is 36.5 Å². The van der Waals surface area contributed by atoms with E-state index >= 15 is 0 Å². The summed E-state index contributed by atoms with van der Waals surface area (Å²) in [6.07, 6.45) is 5.12. The Morgan fingerprint density at radius 3 is 2.51 bits per heavy atom. The summed E-state index contributed by atoms with van der Waals surface area (Å²) in [5.74, 6) is -0.0429. The van der Waals surface area contributed by atoms with E-state index in [1.54, 1.807) is 37.1 Å². The van der Waals surface area contributed by atoms with Crippen molar-refractivity contribution in [3.8, 4) is 17.0 Å². The molecule has 6 nitrogen and oxygen atoms in total. The van der Waals surface area contributed by atoms with Crippen LogP contribution in [-0.2, 0) is 0 Å². The Morgan fingerprint density at radius 1 is 1.14 bits per heavy atom. The maximum Gasteiger partial charge on any atom is 0.257 e. The fourth-order valence-corrected chi connectivity index (χ4v) is 5.00. The van der Waals surface area contributed by atoms with Gasteiger partial charge in [-0.15, -0.1) is 0 Å². The molecular formula is C27H35F2N3O3. The topological polar surface area (TPSA) is 65.9 Å². The summed E-state index contributed by atoms with van der Waals surface area (Å²) in [4.78, 5) is 20.8. The fourth-order valence-electron chi connectivity index (χ4n) is 5.00. The fraction of sp³-hybridized carbons (Fsp3) is 0.556. The van der Waals surface area contributed by atoms with Crippen molar-refractivity contribution in [3.05, 3.63) is 47.9 Å². The van der Waals surface area contributed by atoms with E-state index in [0.29, 0.717) is 37.1 Å². The molecule has 190 valence electrons. The molecule has 2 aliphatic heterocycles. The number of likely N-dealkylation sites (tertiary alicyclic amines) is 2. The Morgan fingerprint density at radius 2 is 1.89 bits per heavy atom. The summed E-state index contributed by atoms with van der Waals surface area (Å²) in [5, 5.41) is 9.46. The number of carbonyl (C=O) groups excluding carboxylic acids is 1. The first kappa shape index (κ1) is 25.5. The summed E-state index contributed by atoms with van der Waals surface area (Å²) in [6, 6.07) is 7.91. The third-order valence-electron chi connectivity index (χ3n) is 6.89. The zero-order valence-corrected chi connectivity index (χ0v) is 20.6. The van der Waals surface area contributed by atoms with Gasteiger partial charge in [0.05, 0.1) is 24.8 Å². The number of halogens is 2. The van der Waals surface area contributed by atoms with Gasteiger partial charge in [-0.05, 0) is 82.3 Å². The van der Waals surface area contributed by atoms with E-state index in [1.165, 1.54) is 12.1 Å². The average molecular weight is 488 g/mol. The SMILES string of the molecule is CC(C)(F)CN1CCC(COc2ccc(-c3ccc(C(=O)N4CCCC4CO)c(F)c3)cn2)CC1. The molecule has 2 aliphatic rings. The highest BCUT2D eigenvalue weighted by Gasteiger charge is 2.30. The molecule has 2 aromatic rings. The molecule has 0 spiro atoms. The summed E-state index contributed by atoms with van der Waals surface area (Å²) >= 11 is 0. The van der Waals surface area contributed by atoms with Gasteiger partial charge in [0.25, 0.3) is 5.91 Å². The lowest BCUT2D eigenvalue weighted by Crippen LogP contribution is -2.41. The Labute approximate surface area is 205 Å². The molecule has 3 heterocycles. The van der Waals surface area contributed by atoms with E-state index in [9.17, 15) is 18.7 Å². The first-order valence-corrected chi connectivity index (χ1v) is 12.5. The van der Waals surface area contributed by atoms with Crippen molar-refractivity contribution in [2.45, 2.75) is 51.2 Å². The number of aliphatic hydroxyl groups excluding tert-OH is 1. The van der Waals surface area contributed by atoms with Crippen molar-refractivity contribution < 1.29 is 23.4 Å². The largest absolute Gasteiger partial charge is 0.477 e. The molecule has 0 bridgehead atoms. The molecule has 2 saturated heterocycles. The van der Waals surface area contributed by atoms with E-state index in [1.807, 2.05) is 6.07 Å². The minimum atomic E-state index is -1.18. The quantitative estimate of drug-likeness (QED) is 0.601. The van der Waals surface area contributed by atoms with Crippen LogP contribution < -0.4 is 4.74 Å². The second kappa shape index (κ2) is 11.0. The van der Waals surface area contributed by atoms with Crippen LogP contribution in [0.5, 0.6) is 5.88 Å². The number of nitrogens with zero attached hydrogens (tertiary/aromatic N) is 3. The van der Waals surface area contributed by atoms with Crippen LogP contribution in [0.2, 0.25) is 0 Å². The highest BCUT2D eigenvalue weighted by molar-refractivity contribution is 5.95. The molecule has 1 aromatic carbocycles. The van der Waals surface area contributed by atoms with Crippen LogP contribution in [0.4, 0.5) is 8.78 Å². The Hall–Kier alpha value is -2.58. The van der Waals surface area contributed by atoms with Gasteiger partial charge in [0.15, 0.2) is 0 Å². The first-order chi connectivity index (χ1) is 16.7. The molecule has 1 unspecified atom stereocenters. The maximum atomic E-state index is 14.8. The first-order valence-electron chi connectivity index (χ1n) is 12.5. The van der Waals surface area contributed by atoms with Gasteiger partial charge in [0.1, 0.15) is 11.5 Å². The number of piperidine rings is 1. The number of ether oxygens (including phenoxy) is 1. The standard InChI is InChI=1S/C27H35F2N3O3/c1-27(2,29)18-31-12-9-19(10-13-31)17-35-25-8-6-21(15-30-25)20-5-7-23(24(28)14-20)26(34)32-11-3-4-22(32)16-33/h5-8,14-15,19,22,33H,3-4,9-13,16-18H2,1-2H3. The number of hydrogen-bond donors (Lipinski definition) is 1. The number of amides is 1. The summed E-state index contributed by atoms with van der Waals surface area (Å²) in [6.45, 7) is 6.42. The van der Waals surface area contributed by atoms with Crippen molar-refractivity contribution >= 4 is 5.91 Å². The van der Waals surface area contributed by atoms with Crippen molar-refractivity contribution in [1.82, 2.24) is 14.8 Å². The monoisotopic (exact) mass is 487 g/mol. The number of alkyl halides is 1. The molecule has 2 fully saturated rings. The molecule has 0 aliphatic carbocycles. The maximum absolute atomic E-state index is 14.8. The number of rotatable bonds is 8. The Kier molecular flexibility index (Phi) is 8.02. The lowest BCUT2D eigenvalue weighted by atomic mass is 9.97. The molecule has 8 heteroatoms. The van der Waals surface area contributed by atoms with Gasteiger partial charge >= 0.3 is 0 Å². The third-order valence-corrected chi connectivity index (χ3v) is 6.89. The van der Waals surface area contributed by atoms with Gasteiger partial charge in [-0.25, -0.2) is 13.8 Å². The van der Waals surface area contributed by atoms with Crippen molar-refractivity contribution in [2.24, 2.45) is 5.92 Å². The highest BCUT2D eigenvalue weighted by Crippen LogP contribution is 2.26. The lowest BCUT2D eigenvalue weighted by molar-refractivity contribution is 0.0673. The van der Waals surface area contributed by atoms with Crippen LogP contribution >= 0.6 is 0 Å². The number of hydrogen-bond acceptors (Lipinski definition) is 5. The van der Waals surface area contributed by atoms with Crippen molar-refractivity contribution in [3.63, 3.8) is 0 Å². The molecule has 1 amide bonds. The number of aliphatic hydroxyl groups is 1. The molecular weight excluding hydrogens is 452 g/mol. The zero-order valence-electron chi connectivity index (χ0n) is 20.6. The van der Waals surface area contributed by atoms with Gasteiger partial charge in [0.2, 0.25) is 5.88 Å². The van der Waals surface area contributed by atoms with Gasteiger partial charge < -0.3 is 19.6 Å². The number of pyridine rings is 1. The average Bonchev–Trinajstić information content (AvgIpc) is 3.31. The van der Waals surface area contributed by atoms with Gasteiger partial charge in [-0.1, -0.05) is 6.07 Å². The number of carbonyl (C=O) groups is 1. The van der Waals surface area contributed by atoms with Crippen LogP contribution in [-0.4, -0.2) is 76.9 Å². The van der Waals surface area contributed by atoms with Crippen LogP contribution in [0, 0.1) is 11.7 Å². The summed E-state index contributed by atoms with van der Waals surface area (Å²) in [7, 11) is 0. The highest BCUT2D eigenvalue weighted by atomic mass is 19.1. The van der Waals surface area contributed by atoms with Crippen molar-refractivity contribution in [1.29, 1.82) is 0 Å². The Bertz CT molecular complexity index is 1000. The predicted octanol–water partition coefficient (Wildman–Crippen LogP) is 4.32. The molecule has 1 aromatic heterocycles. The van der Waals surface area contributed by atoms with E-state index in [4.69, 9.17) is 4.74 Å². The minimum Gasteiger partial charge on any atom is -0.477 e. The van der Waals surface area contributed by atoms with Crippen LogP contribution in [0.1, 0.15) is 49.9 Å². The lowest BCUT2D eigenvalue weighted by Gasteiger charge is -2.34. The smallest absolute Gasteiger partial charge is 0.257 e. The minimum absolute atomic E-state index is 0.0168. The zero-order chi connectivity index (χ0) is 25.0. The van der Waals surface area contributed by atoms with Gasteiger partial charge in [-0.3, -0.25) is 4.79 Å². The second-order valence-electron chi connectivity index (χ2n) is 10.3. The van der Waals surface area contributed by atoms with E-state index < -0.39 is 11.5 Å². The molecule has 35 heavy (non-hydrogen) atoms. The predicted molar refractivity (Wildman–Crippen MR) is 131 cm³/mol. The van der Waals surface area contributed by atoms with Crippen molar-refractivity contribution in [2.75, 3.05) is 39.4 Å². The normalized spacial score (nSPS) is 19.8. The van der Waals surface area contributed by atoms with Gasteiger partial charge in [0, 0.05) is 30.9 Å². The second-order valence-corrected chi connectivity index (χ2v) is 10.3. The van der Waals surface area contributed by atoms with Crippen LogP contribution in [0.3, 0.4) is 0 Å². The molecule has 4 rings (SSSR count). The summed E-state index contributed by atoms with van der Waals surface area (Å²) < 4.78 is 34.5. The molecule has 1 N–H and O–H groups in total.